The molecule has 4 rings (SSSR count). The highest BCUT2D eigenvalue weighted by Gasteiger charge is 2.39. The number of ether oxygens (including phenoxy) is 1. The fraction of sp³-hybridized carbons (Fsp3) is 0.400. The number of pyridine rings is 1. The van der Waals surface area contributed by atoms with Gasteiger partial charge in [0.05, 0.1) is 18.2 Å². The topological polar surface area (TPSA) is 60.3 Å². The van der Waals surface area contributed by atoms with Crippen molar-refractivity contribution >= 4 is 5.91 Å². The fourth-order valence-electron chi connectivity index (χ4n) is 3.49. The molecule has 2 heterocycles. The largest absolute Gasteiger partial charge is 0.376 e. The Balaban J connectivity index is 1.41. The van der Waals surface area contributed by atoms with E-state index < -0.39 is 0 Å². The van der Waals surface area contributed by atoms with Gasteiger partial charge >= 0.3 is 0 Å². The number of rotatable bonds is 5. The van der Waals surface area contributed by atoms with Crippen molar-refractivity contribution in [2.24, 2.45) is 0 Å². The first-order valence-corrected chi connectivity index (χ1v) is 8.88. The van der Waals surface area contributed by atoms with Crippen LogP contribution >= 0.6 is 0 Å². The minimum absolute atomic E-state index is 0.0712. The monoisotopic (exact) mass is 338 g/mol. The molecule has 1 aromatic carbocycles. The second kappa shape index (κ2) is 6.84. The lowest BCUT2D eigenvalue weighted by Crippen LogP contribution is -2.30. The molecule has 5 nitrogen and oxygen atoms in total. The van der Waals surface area contributed by atoms with Crippen LogP contribution in [0.1, 0.15) is 41.1 Å². The molecular formula is C20H22N2O3. The molecule has 2 aliphatic rings. The van der Waals surface area contributed by atoms with Gasteiger partial charge < -0.3 is 14.6 Å². The molecule has 1 amide bonds. The highest BCUT2D eigenvalue weighted by Crippen LogP contribution is 2.40. The summed E-state index contributed by atoms with van der Waals surface area (Å²) in [6.45, 7) is 1.26. The van der Waals surface area contributed by atoms with Crippen molar-refractivity contribution < 1.29 is 9.53 Å². The number of nitrogens with one attached hydrogen (secondary N) is 1. The van der Waals surface area contributed by atoms with Gasteiger partial charge in [-0.3, -0.25) is 9.59 Å². The highest BCUT2D eigenvalue weighted by atomic mass is 16.5. The van der Waals surface area contributed by atoms with E-state index in [9.17, 15) is 9.59 Å². The van der Waals surface area contributed by atoms with Crippen LogP contribution in [0.2, 0.25) is 0 Å². The standard InChI is InChI=1S/C20H22N2O3/c23-19-9-8-15(12-22(19)13-16-7-4-10-25-16)20(24)21-18-11-17(18)14-5-2-1-3-6-14/h1-3,5-6,8-9,12,16-18H,4,7,10-11,13H2,(H,21,24)/t16?,17-,18?/m1/s1. The summed E-state index contributed by atoms with van der Waals surface area (Å²) >= 11 is 0. The molecule has 0 bridgehead atoms. The van der Waals surface area contributed by atoms with E-state index in [4.69, 9.17) is 4.74 Å². The van der Waals surface area contributed by atoms with Crippen molar-refractivity contribution in [3.63, 3.8) is 0 Å². The van der Waals surface area contributed by atoms with Crippen LogP contribution in [-0.4, -0.2) is 29.2 Å². The second-order valence-electron chi connectivity index (χ2n) is 6.88. The van der Waals surface area contributed by atoms with Crippen LogP contribution in [0, 0.1) is 0 Å². The van der Waals surface area contributed by atoms with Crippen molar-refractivity contribution in [2.45, 2.75) is 43.9 Å². The van der Waals surface area contributed by atoms with Crippen molar-refractivity contribution in [3.8, 4) is 0 Å². The third-order valence-corrected chi connectivity index (χ3v) is 5.00. The number of hydrogen-bond donors (Lipinski definition) is 1. The third-order valence-electron chi connectivity index (χ3n) is 5.00. The summed E-state index contributed by atoms with van der Waals surface area (Å²) in [5, 5.41) is 3.07. The number of hydrogen-bond acceptors (Lipinski definition) is 3. The number of aromatic nitrogens is 1. The lowest BCUT2D eigenvalue weighted by molar-refractivity contribution is 0.0931. The molecule has 25 heavy (non-hydrogen) atoms. The summed E-state index contributed by atoms with van der Waals surface area (Å²) in [4.78, 5) is 24.5. The first-order valence-electron chi connectivity index (χ1n) is 8.88. The molecule has 1 saturated carbocycles. The summed E-state index contributed by atoms with van der Waals surface area (Å²) in [7, 11) is 0. The number of amides is 1. The zero-order valence-corrected chi connectivity index (χ0v) is 14.1. The van der Waals surface area contributed by atoms with Gasteiger partial charge in [-0.1, -0.05) is 30.3 Å². The minimum Gasteiger partial charge on any atom is -0.376 e. The Morgan fingerprint density at radius 3 is 2.80 bits per heavy atom. The molecule has 0 radical (unpaired) electrons. The van der Waals surface area contributed by atoms with Gasteiger partial charge in [-0.15, -0.1) is 0 Å². The number of nitrogens with zero attached hydrogens (tertiary/aromatic N) is 1. The minimum atomic E-state index is -0.121. The molecule has 130 valence electrons. The predicted molar refractivity (Wildman–Crippen MR) is 94.7 cm³/mol. The van der Waals surface area contributed by atoms with Crippen molar-refractivity contribution in [1.29, 1.82) is 0 Å². The van der Waals surface area contributed by atoms with E-state index in [1.807, 2.05) is 18.2 Å². The van der Waals surface area contributed by atoms with Crippen LogP contribution in [0.4, 0.5) is 0 Å². The molecule has 2 unspecified atom stereocenters. The normalized spacial score (nSPS) is 24.9. The van der Waals surface area contributed by atoms with E-state index in [0.29, 0.717) is 18.0 Å². The van der Waals surface area contributed by atoms with Crippen molar-refractivity contribution in [3.05, 3.63) is 70.1 Å². The lowest BCUT2D eigenvalue weighted by atomic mass is 10.1. The summed E-state index contributed by atoms with van der Waals surface area (Å²) < 4.78 is 7.18. The van der Waals surface area contributed by atoms with Gasteiger partial charge in [0.2, 0.25) is 0 Å². The maximum absolute atomic E-state index is 12.5. The number of carbonyl (C=O) groups excluding carboxylic acids is 1. The summed E-state index contributed by atoms with van der Waals surface area (Å²) in [6.07, 6.45) is 4.68. The highest BCUT2D eigenvalue weighted by molar-refractivity contribution is 5.94. The zero-order chi connectivity index (χ0) is 17.2. The number of benzene rings is 1. The van der Waals surface area contributed by atoms with Crippen LogP contribution in [0.25, 0.3) is 0 Å². The maximum Gasteiger partial charge on any atom is 0.253 e. The quantitative estimate of drug-likeness (QED) is 0.910. The Kier molecular flexibility index (Phi) is 4.40. The first kappa shape index (κ1) is 16.1. The molecule has 2 fully saturated rings. The third kappa shape index (κ3) is 3.66. The average molecular weight is 338 g/mol. The van der Waals surface area contributed by atoms with Crippen LogP contribution < -0.4 is 10.9 Å². The van der Waals surface area contributed by atoms with Crippen molar-refractivity contribution in [1.82, 2.24) is 9.88 Å². The molecular weight excluding hydrogens is 316 g/mol. The van der Waals surface area contributed by atoms with Gasteiger partial charge in [-0.2, -0.15) is 0 Å². The van der Waals surface area contributed by atoms with E-state index in [0.717, 1.165) is 25.9 Å². The van der Waals surface area contributed by atoms with Gasteiger partial charge in [0.25, 0.3) is 11.5 Å². The number of carbonyl (C=O) groups is 1. The molecule has 1 aliphatic heterocycles. The second-order valence-corrected chi connectivity index (χ2v) is 6.88. The van der Waals surface area contributed by atoms with Crippen LogP contribution in [0.3, 0.4) is 0 Å². The molecule has 1 saturated heterocycles. The van der Waals surface area contributed by atoms with Crippen LogP contribution in [0.5, 0.6) is 0 Å². The predicted octanol–water partition coefficient (Wildman–Crippen LogP) is 2.31. The first-order chi connectivity index (χ1) is 12.2. The maximum atomic E-state index is 12.5. The van der Waals surface area contributed by atoms with Crippen LogP contribution in [0.15, 0.2) is 53.5 Å². The van der Waals surface area contributed by atoms with E-state index in [1.54, 1.807) is 16.8 Å². The molecule has 0 spiro atoms. The van der Waals surface area contributed by atoms with Gasteiger partial charge in [0.1, 0.15) is 0 Å². The SMILES string of the molecule is O=C(NC1C[C@@H]1c1ccccc1)c1ccc(=O)n(CC2CCCO2)c1. The Bertz CT molecular complexity index is 809. The van der Waals surface area contributed by atoms with Crippen molar-refractivity contribution in [2.75, 3.05) is 6.61 Å². The van der Waals surface area contributed by atoms with Gasteiger partial charge in [0, 0.05) is 30.8 Å². The van der Waals surface area contributed by atoms with E-state index in [1.165, 1.54) is 11.6 Å². The zero-order valence-electron chi connectivity index (χ0n) is 14.1. The Labute approximate surface area is 146 Å². The van der Waals surface area contributed by atoms with Gasteiger partial charge in [-0.05, 0) is 30.9 Å². The van der Waals surface area contributed by atoms with Crippen LogP contribution in [-0.2, 0) is 11.3 Å². The molecule has 3 atom stereocenters. The van der Waals surface area contributed by atoms with E-state index >= 15 is 0 Å². The smallest absolute Gasteiger partial charge is 0.253 e. The van der Waals surface area contributed by atoms with Gasteiger partial charge in [0.15, 0.2) is 0 Å². The van der Waals surface area contributed by atoms with E-state index in [2.05, 4.69) is 17.4 Å². The molecule has 1 N–H and O–H groups in total. The summed E-state index contributed by atoms with van der Waals surface area (Å²) in [6, 6.07) is 13.5. The molecule has 1 aliphatic carbocycles. The fourth-order valence-corrected chi connectivity index (χ4v) is 3.49. The Hall–Kier alpha value is -2.40. The average Bonchev–Trinajstić information content (AvgIpc) is 3.20. The summed E-state index contributed by atoms with van der Waals surface area (Å²) in [5.41, 5.74) is 1.69. The van der Waals surface area contributed by atoms with E-state index in [-0.39, 0.29) is 23.6 Å². The van der Waals surface area contributed by atoms with Gasteiger partial charge in [-0.25, -0.2) is 0 Å². The molecule has 1 aromatic heterocycles. The molecule has 5 heteroatoms. The summed E-state index contributed by atoms with van der Waals surface area (Å²) in [5.74, 6) is 0.271. The lowest BCUT2D eigenvalue weighted by Gasteiger charge is -2.13. The molecule has 2 aromatic rings. The Morgan fingerprint density at radius 2 is 2.04 bits per heavy atom. The Morgan fingerprint density at radius 1 is 1.20 bits per heavy atom.